The molecule has 0 spiro atoms. The lowest BCUT2D eigenvalue weighted by atomic mass is 9.93. The molecule has 0 radical (unpaired) electrons. The molecule has 1 aliphatic rings. The number of ether oxygens (including phenoxy) is 2. The van der Waals surface area contributed by atoms with E-state index in [-0.39, 0.29) is 18.0 Å². The molecular weight excluding hydrogens is 337 g/mol. The van der Waals surface area contributed by atoms with E-state index in [0.717, 1.165) is 11.1 Å². The SMILES string of the molecule is COc1ccc2c(c1)OC(c1ccc(Br)c(F)c1)C[C@H]2N. The Bertz CT molecular complexity index is 677. The van der Waals surface area contributed by atoms with Gasteiger partial charge in [-0.2, -0.15) is 0 Å². The highest BCUT2D eigenvalue weighted by Crippen LogP contribution is 2.41. The second-order valence-corrected chi connectivity index (χ2v) is 5.88. The Balaban J connectivity index is 1.94. The third-order valence-electron chi connectivity index (χ3n) is 3.67. The number of rotatable bonds is 2. The summed E-state index contributed by atoms with van der Waals surface area (Å²) in [6, 6.07) is 10.5. The summed E-state index contributed by atoms with van der Waals surface area (Å²) in [4.78, 5) is 0. The Morgan fingerprint density at radius 2 is 2.10 bits per heavy atom. The van der Waals surface area contributed by atoms with Gasteiger partial charge in [0.15, 0.2) is 0 Å². The van der Waals surface area contributed by atoms with Crippen LogP contribution in [-0.2, 0) is 0 Å². The van der Waals surface area contributed by atoms with Gasteiger partial charge in [-0.3, -0.25) is 0 Å². The van der Waals surface area contributed by atoms with Crippen molar-refractivity contribution < 1.29 is 13.9 Å². The highest BCUT2D eigenvalue weighted by atomic mass is 79.9. The van der Waals surface area contributed by atoms with Crippen LogP contribution in [0.25, 0.3) is 0 Å². The first kappa shape index (κ1) is 14.4. The Labute approximate surface area is 131 Å². The van der Waals surface area contributed by atoms with Crippen LogP contribution < -0.4 is 15.2 Å². The normalized spacial score (nSPS) is 20.6. The summed E-state index contributed by atoms with van der Waals surface area (Å²) in [6.45, 7) is 0. The van der Waals surface area contributed by atoms with E-state index in [9.17, 15) is 4.39 Å². The Morgan fingerprint density at radius 1 is 1.29 bits per heavy atom. The van der Waals surface area contributed by atoms with Gasteiger partial charge in [0.05, 0.1) is 11.6 Å². The molecule has 1 heterocycles. The molecule has 0 bridgehead atoms. The number of methoxy groups -OCH3 is 1. The average molecular weight is 352 g/mol. The third kappa shape index (κ3) is 2.76. The zero-order chi connectivity index (χ0) is 15.0. The van der Waals surface area contributed by atoms with Gasteiger partial charge in [-0.25, -0.2) is 4.39 Å². The molecule has 2 aromatic rings. The maximum Gasteiger partial charge on any atom is 0.137 e. The van der Waals surface area contributed by atoms with E-state index < -0.39 is 0 Å². The van der Waals surface area contributed by atoms with E-state index in [1.54, 1.807) is 13.2 Å². The molecule has 3 nitrogen and oxygen atoms in total. The molecule has 2 atom stereocenters. The van der Waals surface area contributed by atoms with Crippen LogP contribution in [0.1, 0.15) is 29.7 Å². The molecule has 0 fully saturated rings. The van der Waals surface area contributed by atoms with Crippen LogP contribution in [0.5, 0.6) is 11.5 Å². The van der Waals surface area contributed by atoms with Crippen LogP contribution in [-0.4, -0.2) is 7.11 Å². The maximum absolute atomic E-state index is 13.7. The summed E-state index contributed by atoms with van der Waals surface area (Å²) in [5.74, 6) is 1.10. The number of hydrogen-bond donors (Lipinski definition) is 1. The minimum atomic E-state index is -0.305. The number of benzene rings is 2. The van der Waals surface area contributed by atoms with Crippen molar-refractivity contribution in [3.8, 4) is 11.5 Å². The number of fused-ring (bicyclic) bond motifs is 1. The summed E-state index contributed by atoms with van der Waals surface area (Å²) < 4.78 is 25.3. The molecule has 0 saturated heterocycles. The van der Waals surface area contributed by atoms with Crippen LogP contribution in [0.2, 0.25) is 0 Å². The van der Waals surface area contributed by atoms with E-state index in [2.05, 4.69) is 15.9 Å². The monoisotopic (exact) mass is 351 g/mol. The fourth-order valence-corrected chi connectivity index (χ4v) is 2.77. The van der Waals surface area contributed by atoms with Crippen molar-refractivity contribution >= 4 is 15.9 Å². The predicted molar refractivity (Wildman–Crippen MR) is 82.0 cm³/mol. The fraction of sp³-hybridized carbons (Fsp3) is 0.250. The molecule has 1 aliphatic heterocycles. The van der Waals surface area contributed by atoms with Crippen molar-refractivity contribution in [1.29, 1.82) is 0 Å². The van der Waals surface area contributed by atoms with Gasteiger partial charge in [-0.15, -0.1) is 0 Å². The second kappa shape index (κ2) is 5.66. The zero-order valence-electron chi connectivity index (χ0n) is 11.5. The van der Waals surface area contributed by atoms with E-state index in [0.29, 0.717) is 22.4 Å². The zero-order valence-corrected chi connectivity index (χ0v) is 13.1. The fourth-order valence-electron chi connectivity index (χ4n) is 2.53. The minimum absolute atomic E-state index is 0.142. The highest BCUT2D eigenvalue weighted by molar-refractivity contribution is 9.10. The lowest BCUT2D eigenvalue weighted by Crippen LogP contribution is -2.24. The molecule has 21 heavy (non-hydrogen) atoms. The first-order chi connectivity index (χ1) is 10.1. The Hall–Kier alpha value is -1.59. The number of hydrogen-bond acceptors (Lipinski definition) is 3. The molecule has 2 N–H and O–H groups in total. The Kier molecular flexibility index (Phi) is 3.87. The average Bonchev–Trinajstić information content (AvgIpc) is 2.49. The van der Waals surface area contributed by atoms with Crippen molar-refractivity contribution in [3.05, 3.63) is 57.8 Å². The topological polar surface area (TPSA) is 44.5 Å². The molecule has 0 aliphatic carbocycles. The Morgan fingerprint density at radius 3 is 2.81 bits per heavy atom. The van der Waals surface area contributed by atoms with Gasteiger partial charge in [0.1, 0.15) is 23.4 Å². The van der Waals surface area contributed by atoms with Gasteiger partial charge >= 0.3 is 0 Å². The van der Waals surface area contributed by atoms with Crippen molar-refractivity contribution in [3.63, 3.8) is 0 Å². The first-order valence-corrected chi connectivity index (χ1v) is 7.43. The van der Waals surface area contributed by atoms with Crippen LogP contribution in [0.3, 0.4) is 0 Å². The molecule has 2 aromatic carbocycles. The lowest BCUT2D eigenvalue weighted by Gasteiger charge is -2.31. The van der Waals surface area contributed by atoms with E-state index in [1.807, 2.05) is 24.3 Å². The smallest absolute Gasteiger partial charge is 0.137 e. The lowest BCUT2D eigenvalue weighted by molar-refractivity contribution is 0.160. The van der Waals surface area contributed by atoms with Gasteiger partial charge < -0.3 is 15.2 Å². The quantitative estimate of drug-likeness (QED) is 0.884. The summed E-state index contributed by atoms with van der Waals surface area (Å²) in [6.07, 6.45) is 0.350. The second-order valence-electron chi connectivity index (χ2n) is 5.03. The summed E-state index contributed by atoms with van der Waals surface area (Å²) in [5.41, 5.74) is 7.94. The molecule has 1 unspecified atom stereocenters. The molecule has 5 heteroatoms. The highest BCUT2D eigenvalue weighted by Gasteiger charge is 2.27. The first-order valence-electron chi connectivity index (χ1n) is 6.63. The summed E-state index contributed by atoms with van der Waals surface area (Å²) in [5, 5.41) is 0. The van der Waals surface area contributed by atoms with Crippen molar-refractivity contribution in [2.45, 2.75) is 18.6 Å². The molecule has 110 valence electrons. The largest absolute Gasteiger partial charge is 0.497 e. The molecule has 0 aromatic heterocycles. The third-order valence-corrected chi connectivity index (χ3v) is 4.32. The standard InChI is InChI=1S/C16H15BrFNO2/c1-20-10-3-4-11-14(19)8-15(21-16(11)7-10)9-2-5-12(17)13(18)6-9/h2-7,14-15H,8,19H2,1H3/t14-,15?/m1/s1. The number of nitrogens with two attached hydrogens (primary N) is 1. The molecule has 0 amide bonds. The van der Waals surface area contributed by atoms with Crippen LogP contribution >= 0.6 is 15.9 Å². The summed E-state index contributed by atoms with van der Waals surface area (Å²) >= 11 is 3.15. The molecule has 0 saturated carbocycles. The molecule has 3 rings (SSSR count). The van der Waals surface area contributed by atoms with Crippen LogP contribution in [0.4, 0.5) is 4.39 Å². The van der Waals surface area contributed by atoms with Crippen LogP contribution in [0, 0.1) is 5.82 Å². The van der Waals surface area contributed by atoms with E-state index >= 15 is 0 Å². The van der Waals surface area contributed by atoms with Crippen molar-refractivity contribution in [2.75, 3.05) is 7.11 Å². The molecular formula is C16H15BrFNO2. The predicted octanol–water partition coefficient (Wildman–Crippen LogP) is 4.12. The van der Waals surface area contributed by atoms with Crippen molar-refractivity contribution in [2.24, 2.45) is 5.73 Å². The van der Waals surface area contributed by atoms with Gasteiger partial charge in [0.2, 0.25) is 0 Å². The van der Waals surface area contributed by atoms with Crippen LogP contribution in [0.15, 0.2) is 40.9 Å². The van der Waals surface area contributed by atoms with E-state index in [1.165, 1.54) is 6.07 Å². The minimum Gasteiger partial charge on any atom is -0.497 e. The van der Waals surface area contributed by atoms with Gasteiger partial charge in [0, 0.05) is 24.1 Å². The number of halogens is 2. The van der Waals surface area contributed by atoms with Crippen molar-refractivity contribution in [1.82, 2.24) is 0 Å². The summed E-state index contributed by atoms with van der Waals surface area (Å²) in [7, 11) is 1.60. The van der Waals surface area contributed by atoms with E-state index in [4.69, 9.17) is 15.2 Å². The van der Waals surface area contributed by atoms with Gasteiger partial charge in [-0.05, 0) is 39.7 Å². The maximum atomic E-state index is 13.7. The van der Waals surface area contributed by atoms with Gasteiger partial charge in [-0.1, -0.05) is 12.1 Å². The van der Waals surface area contributed by atoms with Gasteiger partial charge in [0.25, 0.3) is 0 Å².